The molecule has 1 atom stereocenters. The Morgan fingerprint density at radius 3 is 2.57 bits per heavy atom. The molecule has 1 saturated heterocycles. The van der Waals surface area contributed by atoms with Gasteiger partial charge >= 0.3 is 0 Å². The van der Waals surface area contributed by atoms with Crippen molar-refractivity contribution in [2.75, 3.05) is 32.4 Å². The summed E-state index contributed by atoms with van der Waals surface area (Å²) < 4.78 is 24.4. The highest BCUT2D eigenvalue weighted by molar-refractivity contribution is 7.88. The van der Waals surface area contributed by atoms with Gasteiger partial charge in [-0.15, -0.1) is 11.3 Å². The first kappa shape index (κ1) is 16.4. The lowest BCUT2D eigenvalue weighted by atomic mass is 10.2. The molecular formula is C13H21N3O3S2. The number of rotatable bonds is 5. The van der Waals surface area contributed by atoms with Crippen LogP contribution in [0.2, 0.25) is 0 Å². The van der Waals surface area contributed by atoms with Crippen LogP contribution in [0.15, 0.2) is 17.5 Å². The zero-order valence-corrected chi connectivity index (χ0v) is 13.9. The fourth-order valence-corrected chi connectivity index (χ4v) is 3.79. The highest BCUT2D eigenvalue weighted by Crippen LogP contribution is 2.11. The van der Waals surface area contributed by atoms with Crippen molar-refractivity contribution in [3.63, 3.8) is 0 Å². The van der Waals surface area contributed by atoms with Crippen LogP contribution in [0.4, 0.5) is 0 Å². The minimum Gasteiger partial charge on any atom is -0.350 e. The first-order chi connectivity index (χ1) is 9.88. The van der Waals surface area contributed by atoms with Gasteiger partial charge in [-0.1, -0.05) is 6.07 Å². The molecule has 2 heterocycles. The lowest BCUT2D eigenvalue weighted by Crippen LogP contribution is -2.54. The average Bonchev–Trinajstić information content (AvgIpc) is 2.96. The highest BCUT2D eigenvalue weighted by atomic mass is 32.2. The molecule has 1 amide bonds. The van der Waals surface area contributed by atoms with E-state index >= 15 is 0 Å². The van der Waals surface area contributed by atoms with Crippen LogP contribution in [0, 0.1) is 0 Å². The lowest BCUT2D eigenvalue weighted by Gasteiger charge is -2.36. The summed E-state index contributed by atoms with van der Waals surface area (Å²) in [4.78, 5) is 15.3. The van der Waals surface area contributed by atoms with E-state index in [0.717, 1.165) is 4.88 Å². The van der Waals surface area contributed by atoms with Gasteiger partial charge in [-0.2, -0.15) is 4.31 Å². The largest absolute Gasteiger partial charge is 0.350 e. The van der Waals surface area contributed by atoms with Crippen LogP contribution in [-0.2, 0) is 21.4 Å². The second-order valence-corrected chi connectivity index (χ2v) is 8.19. The number of nitrogens with one attached hydrogen (secondary N) is 1. The second kappa shape index (κ2) is 6.87. The standard InChI is InChI=1S/C13H21N3O3S2/c1-11(13(17)14-10-12-4-3-9-20-12)15-5-7-16(8-6-15)21(2,18)19/h3-4,9,11H,5-8,10H2,1-2H3,(H,14,17). The minimum atomic E-state index is -3.13. The van der Waals surface area contributed by atoms with E-state index in [1.807, 2.05) is 29.3 Å². The molecule has 1 N–H and O–H groups in total. The molecule has 1 aliphatic rings. The summed E-state index contributed by atoms with van der Waals surface area (Å²) in [6.45, 7) is 4.47. The van der Waals surface area contributed by atoms with E-state index in [1.54, 1.807) is 11.3 Å². The van der Waals surface area contributed by atoms with Crippen molar-refractivity contribution in [1.82, 2.24) is 14.5 Å². The first-order valence-electron chi connectivity index (χ1n) is 6.87. The summed E-state index contributed by atoms with van der Waals surface area (Å²) in [7, 11) is -3.13. The summed E-state index contributed by atoms with van der Waals surface area (Å²) in [6, 6.07) is 3.70. The number of sulfonamides is 1. The zero-order chi connectivity index (χ0) is 15.5. The Bertz CT molecular complexity index is 563. The Kier molecular flexibility index (Phi) is 5.37. The lowest BCUT2D eigenvalue weighted by molar-refractivity contribution is -0.126. The van der Waals surface area contributed by atoms with Crippen molar-refractivity contribution in [2.45, 2.75) is 19.5 Å². The summed E-state index contributed by atoms with van der Waals surface area (Å²) in [5, 5.41) is 4.90. The van der Waals surface area contributed by atoms with Crippen molar-refractivity contribution in [2.24, 2.45) is 0 Å². The molecule has 0 aromatic carbocycles. The molecule has 1 aliphatic heterocycles. The van der Waals surface area contributed by atoms with Gasteiger partial charge in [-0.05, 0) is 18.4 Å². The molecule has 0 bridgehead atoms. The molecule has 0 aliphatic carbocycles. The molecule has 1 aromatic heterocycles. The minimum absolute atomic E-state index is 0.0174. The fourth-order valence-electron chi connectivity index (χ4n) is 2.32. The van der Waals surface area contributed by atoms with Gasteiger partial charge in [-0.3, -0.25) is 9.69 Å². The molecule has 1 aromatic rings. The van der Waals surface area contributed by atoms with Gasteiger partial charge in [0.25, 0.3) is 0 Å². The zero-order valence-electron chi connectivity index (χ0n) is 12.3. The maximum Gasteiger partial charge on any atom is 0.237 e. The van der Waals surface area contributed by atoms with Gasteiger partial charge < -0.3 is 5.32 Å². The van der Waals surface area contributed by atoms with Crippen LogP contribution >= 0.6 is 11.3 Å². The molecule has 21 heavy (non-hydrogen) atoms. The van der Waals surface area contributed by atoms with Crippen LogP contribution < -0.4 is 5.32 Å². The molecule has 1 fully saturated rings. The van der Waals surface area contributed by atoms with E-state index < -0.39 is 10.0 Å². The normalized spacial score (nSPS) is 19.3. The molecule has 0 saturated carbocycles. The van der Waals surface area contributed by atoms with E-state index in [2.05, 4.69) is 5.32 Å². The van der Waals surface area contributed by atoms with Crippen LogP contribution in [-0.4, -0.2) is 62.0 Å². The Hall–Kier alpha value is -0.960. The average molecular weight is 331 g/mol. The van der Waals surface area contributed by atoms with E-state index in [4.69, 9.17) is 0 Å². The van der Waals surface area contributed by atoms with Gasteiger partial charge in [-0.25, -0.2) is 8.42 Å². The predicted molar refractivity (Wildman–Crippen MR) is 83.6 cm³/mol. The third-order valence-electron chi connectivity index (χ3n) is 3.69. The molecule has 6 nitrogen and oxygen atoms in total. The summed E-state index contributed by atoms with van der Waals surface area (Å²) in [6.07, 6.45) is 1.22. The van der Waals surface area contributed by atoms with E-state index in [1.165, 1.54) is 10.6 Å². The summed E-state index contributed by atoms with van der Waals surface area (Å²) >= 11 is 1.61. The molecule has 118 valence electrons. The molecule has 0 spiro atoms. The number of hydrogen-bond acceptors (Lipinski definition) is 5. The summed E-state index contributed by atoms with van der Waals surface area (Å²) in [5.41, 5.74) is 0. The fraction of sp³-hybridized carbons (Fsp3) is 0.615. The Morgan fingerprint density at radius 2 is 2.05 bits per heavy atom. The van der Waals surface area contributed by atoms with Crippen molar-refractivity contribution in [3.05, 3.63) is 22.4 Å². The maximum atomic E-state index is 12.1. The number of thiophene rings is 1. The molecule has 0 radical (unpaired) electrons. The SMILES string of the molecule is CC(C(=O)NCc1cccs1)N1CCN(S(C)(=O)=O)CC1. The van der Waals surface area contributed by atoms with E-state index in [9.17, 15) is 13.2 Å². The number of nitrogens with zero attached hydrogens (tertiary/aromatic N) is 2. The number of carbonyl (C=O) groups excluding carboxylic acids is 1. The monoisotopic (exact) mass is 331 g/mol. The van der Waals surface area contributed by atoms with Crippen LogP contribution in [0.5, 0.6) is 0 Å². The quantitative estimate of drug-likeness (QED) is 0.844. The van der Waals surface area contributed by atoms with Gasteiger partial charge in [0.15, 0.2) is 0 Å². The third-order valence-corrected chi connectivity index (χ3v) is 5.87. The highest BCUT2D eigenvalue weighted by Gasteiger charge is 2.28. The van der Waals surface area contributed by atoms with Crippen molar-refractivity contribution in [3.8, 4) is 0 Å². The van der Waals surface area contributed by atoms with Gasteiger partial charge in [0.1, 0.15) is 0 Å². The molecule has 8 heteroatoms. The van der Waals surface area contributed by atoms with Gasteiger partial charge in [0, 0.05) is 31.1 Å². The predicted octanol–water partition coefficient (Wildman–Crippen LogP) is 0.330. The van der Waals surface area contributed by atoms with Crippen molar-refractivity contribution < 1.29 is 13.2 Å². The van der Waals surface area contributed by atoms with Crippen molar-refractivity contribution in [1.29, 1.82) is 0 Å². The van der Waals surface area contributed by atoms with Crippen LogP contribution in [0.3, 0.4) is 0 Å². The molecule has 2 rings (SSSR count). The number of piperazine rings is 1. The topological polar surface area (TPSA) is 69.7 Å². The number of hydrogen-bond donors (Lipinski definition) is 1. The third kappa shape index (κ3) is 4.50. The summed E-state index contributed by atoms with van der Waals surface area (Å²) in [5.74, 6) is -0.0174. The van der Waals surface area contributed by atoms with E-state index in [0.29, 0.717) is 32.7 Å². The van der Waals surface area contributed by atoms with Crippen LogP contribution in [0.1, 0.15) is 11.8 Å². The Balaban J connectivity index is 1.81. The maximum absolute atomic E-state index is 12.1. The second-order valence-electron chi connectivity index (χ2n) is 5.17. The molecular weight excluding hydrogens is 310 g/mol. The molecule has 1 unspecified atom stereocenters. The Labute approximate surface area is 129 Å². The van der Waals surface area contributed by atoms with Gasteiger partial charge in [0.2, 0.25) is 15.9 Å². The first-order valence-corrected chi connectivity index (χ1v) is 9.60. The van der Waals surface area contributed by atoms with Crippen molar-refractivity contribution >= 4 is 27.3 Å². The van der Waals surface area contributed by atoms with Crippen LogP contribution in [0.25, 0.3) is 0 Å². The number of amides is 1. The smallest absolute Gasteiger partial charge is 0.237 e. The van der Waals surface area contributed by atoms with Gasteiger partial charge in [0.05, 0.1) is 18.8 Å². The van der Waals surface area contributed by atoms with E-state index in [-0.39, 0.29) is 11.9 Å². The Morgan fingerprint density at radius 1 is 1.38 bits per heavy atom. The number of carbonyl (C=O) groups is 1.